The van der Waals surface area contributed by atoms with Gasteiger partial charge in [-0.1, -0.05) is 18.9 Å². The van der Waals surface area contributed by atoms with Gasteiger partial charge in [-0.3, -0.25) is 29.4 Å². The summed E-state index contributed by atoms with van der Waals surface area (Å²) in [5, 5.41) is 5.33. The number of alkyl halides is 1. The van der Waals surface area contributed by atoms with Crippen molar-refractivity contribution in [2.24, 2.45) is 0 Å². The first-order valence-electron chi connectivity index (χ1n) is 13.5. The SMILES string of the molecule is O=C1CCC(N2C(=O)c3cccc(NCCOCCOCCOCCOCCCCCCCl)c3C2=O)C(=O)N1. The van der Waals surface area contributed by atoms with E-state index in [1.165, 1.54) is 0 Å². The molecule has 0 aromatic heterocycles. The number of anilines is 1. The number of amides is 4. The highest BCUT2D eigenvalue weighted by molar-refractivity contribution is 6.25. The second-order valence-electron chi connectivity index (χ2n) is 9.15. The number of carbonyl (C=O) groups is 4. The summed E-state index contributed by atoms with van der Waals surface area (Å²) in [6.45, 7) is 4.42. The lowest BCUT2D eigenvalue weighted by atomic mass is 10.0. The maximum absolute atomic E-state index is 13.1. The van der Waals surface area contributed by atoms with Crippen molar-refractivity contribution in [3.63, 3.8) is 0 Å². The molecule has 0 spiro atoms. The minimum atomic E-state index is -0.994. The fourth-order valence-corrected chi connectivity index (χ4v) is 4.52. The van der Waals surface area contributed by atoms with Gasteiger partial charge in [-0.25, -0.2) is 0 Å². The van der Waals surface area contributed by atoms with Crippen LogP contribution in [0.15, 0.2) is 18.2 Å². The zero-order valence-electron chi connectivity index (χ0n) is 22.2. The first kappa shape index (κ1) is 31.0. The molecule has 0 aliphatic carbocycles. The van der Waals surface area contributed by atoms with Gasteiger partial charge in [0.25, 0.3) is 11.8 Å². The summed E-state index contributed by atoms with van der Waals surface area (Å²) in [6, 6.07) is 3.94. The van der Waals surface area contributed by atoms with E-state index in [0.717, 1.165) is 43.1 Å². The molecule has 1 unspecified atom stereocenters. The number of nitrogens with one attached hydrogen (secondary N) is 2. The Morgan fingerprint density at radius 3 is 2.13 bits per heavy atom. The van der Waals surface area contributed by atoms with Gasteiger partial charge in [0.05, 0.1) is 57.4 Å². The topological polar surface area (TPSA) is 132 Å². The van der Waals surface area contributed by atoms with Gasteiger partial charge in [0.2, 0.25) is 11.8 Å². The van der Waals surface area contributed by atoms with Crippen LogP contribution < -0.4 is 10.6 Å². The Balaban J connectivity index is 1.24. The number of rotatable bonds is 20. The predicted octanol–water partition coefficient (Wildman–Crippen LogP) is 2.37. The second-order valence-corrected chi connectivity index (χ2v) is 9.53. The number of hydrogen-bond donors (Lipinski definition) is 2. The molecule has 1 saturated heterocycles. The van der Waals surface area contributed by atoms with Crippen LogP contribution in [-0.4, -0.2) is 99.9 Å². The number of halogens is 1. The van der Waals surface area contributed by atoms with Crippen molar-refractivity contribution in [2.45, 2.75) is 44.6 Å². The Labute approximate surface area is 233 Å². The van der Waals surface area contributed by atoms with E-state index in [1.807, 2.05) is 0 Å². The van der Waals surface area contributed by atoms with E-state index >= 15 is 0 Å². The fraction of sp³-hybridized carbons (Fsp3) is 0.630. The number of imide groups is 2. The van der Waals surface area contributed by atoms with E-state index in [0.29, 0.717) is 58.5 Å². The van der Waals surface area contributed by atoms with Gasteiger partial charge in [-0.15, -0.1) is 11.6 Å². The van der Waals surface area contributed by atoms with Crippen LogP contribution in [-0.2, 0) is 28.5 Å². The highest BCUT2D eigenvalue weighted by atomic mass is 35.5. The van der Waals surface area contributed by atoms with Gasteiger partial charge < -0.3 is 24.3 Å². The molecule has 2 N–H and O–H groups in total. The van der Waals surface area contributed by atoms with E-state index in [4.69, 9.17) is 30.5 Å². The molecular weight excluding hydrogens is 530 g/mol. The van der Waals surface area contributed by atoms with Crippen molar-refractivity contribution in [1.29, 1.82) is 0 Å². The Kier molecular flexibility index (Phi) is 13.6. The minimum Gasteiger partial charge on any atom is -0.382 e. The van der Waals surface area contributed by atoms with Crippen molar-refractivity contribution in [3.05, 3.63) is 29.3 Å². The smallest absolute Gasteiger partial charge is 0.264 e. The predicted molar refractivity (Wildman–Crippen MR) is 144 cm³/mol. The molecule has 11 nitrogen and oxygen atoms in total. The molecule has 2 heterocycles. The van der Waals surface area contributed by atoms with Crippen molar-refractivity contribution in [1.82, 2.24) is 10.2 Å². The molecular formula is C27H38ClN3O8. The van der Waals surface area contributed by atoms with E-state index < -0.39 is 29.7 Å². The summed E-state index contributed by atoms with van der Waals surface area (Å²) in [5.41, 5.74) is 0.951. The first-order valence-corrected chi connectivity index (χ1v) is 14.0. The van der Waals surface area contributed by atoms with E-state index in [1.54, 1.807) is 18.2 Å². The molecule has 4 amide bonds. The zero-order chi connectivity index (χ0) is 27.9. The lowest BCUT2D eigenvalue weighted by Crippen LogP contribution is -2.54. The number of hydrogen-bond acceptors (Lipinski definition) is 9. The molecule has 1 fully saturated rings. The largest absolute Gasteiger partial charge is 0.382 e. The monoisotopic (exact) mass is 567 g/mol. The van der Waals surface area contributed by atoms with Gasteiger partial charge in [0, 0.05) is 31.1 Å². The summed E-state index contributed by atoms with van der Waals surface area (Å²) in [5.74, 6) is -1.40. The normalized spacial score (nSPS) is 17.1. The van der Waals surface area contributed by atoms with Crippen LogP contribution in [0.2, 0.25) is 0 Å². The van der Waals surface area contributed by atoms with Gasteiger partial charge in [0.15, 0.2) is 0 Å². The number of ether oxygens (including phenoxy) is 4. The van der Waals surface area contributed by atoms with Crippen LogP contribution >= 0.6 is 11.6 Å². The summed E-state index contributed by atoms with van der Waals surface area (Å²) in [4.78, 5) is 50.6. The maximum atomic E-state index is 13.1. The zero-order valence-corrected chi connectivity index (χ0v) is 23.0. The quantitative estimate of drug-likeness (QED) is 0.138. The number of benzene rings is 1. The Hall–Kier alpha value is -2.57. The Bertz CT molecular complexity index is 976. The van der Waals surface area contributed by atoms with E-state index in [9.17, 15) is 19.2 Å². The van der Waals surface area contributed by atoms with Crippen LogP contribution in [0, 0.1) is 0 Å². The number of nitrogens with zero attached hydrogens (tertiary/aromatic N) is 1. The third kappa shape index (κ3) is 9.54. The van der Waals surface area contributed by atoms with Crippen molar-refractivity contribution in [3.8, 4) is 0 Å². The third-order valence-corrected chi connectivity index (χ3v) is 6.59. The van der Waals surface area contributed by atoms with Gasteiger partial charge in [-0.2, -0.15) is 0 Å². The van der Waals surface area contributed by atoms with Gasteiger partial charge >= 0.3 is 0 Å². The molecule has 2 aliphatic heterocycles. The fourth-order valence-electron chi connectivity index (χ4n) is 4.33. The van der Waals surface area contributed by atoms with Crippen LogP contribution in [0.3, 0.4) is 0 Å². The van der Waals surface area contributed by atoms with Gasteiger partial charge in [-0.05, 0) is 31.4 Å². The molecule has 0 radical (unpaired) electrons. The standard InChI is InChI=1S/C27H38ClN3O8/c28-10-3-1-2-4-12-36-14-16-38-18-19-39-17-15-37-13-11-29-21-7-5-6-20-24(21)27(35)31(26(20)34)22-8-9-23(32)30-25(22)33/h5-7,22,29H,1-4,8-19H2,(H,30,32,33). The first-order chi connectivity index (χ1) is 19.0. The molecule has 39 heavy (non-hydrogen) atoms. The van der Waals surface area contributed by atoms with Crippen LogP contribution in [0.4, 0.5) is 5.69 Å². The third-order valence-electron chi connectivity index (χ3n) is 6.32. The van der Waals surface area contributed by atoms with E-state index in [-0.39, 0.29) is 24.0 Å². The van der Waals surface area contributed by atoms with Crippen molar-refractivity contribution < 1.29 is 38.1 Å². The van der Waals surface area contributed by atoms with Crippen molar-refractivity contribution >= 4 is 40.9 Å². The molecule has 0 bridgehead atoms. The molecule has 1 aromatic rings. The second kappa shape index (κ2) is 17.2. The Morgan fingerprint density at radius 2 is 1.46 bits per heavy atom. The summed E-state index contributed by atoms with van der Waals surface area (Å²) in [7, 11) is 0. The van der Waals surface area contributed by atoms with Gasteiger partial charge in [0.1, 0.15) is 6.04 Å². The number of piperidine rings is 1. The number of fused-ring (bicyclic) bond motifs is 1. The lowest BCUT2D eigenvalue weighted by Gasteiger charge is -2.27. The van der Waals surface area contributed by atoms with Crippen molar-refractivity contribution in [2.75, 3.05) is 70.6 Å². The molecule has 1 atom stereocenters. The number of carbonyl (C=O) groups excluding carboxylic acids is 4. The van der Waals surface area contributed by atoms with Crippen LogP contribution in [0.5, 0.6) is 0 Å². The highest BCUT2D eigenvalue weighted by Gasteiger charge is 2.45. The molecule has 1 aromatic carbocycles. The summed E-state index contributed by atoms with van der Waals surface area (Å²) < 4.78 is 22.0. The minimum absolute atomic E-state index is 0.0777. The molecule has 2 aliphatic rings. The maximum Gasteiger partial charge on any atom is 0.264 e. The highest BCUT2D eigenvalue weighted by Crippen LogP contribution is 2.32. The summed E-state index contributed by atoms with van der Waals surface area (Å²) >= 11 is 5.64. The molecule has 3 rings (SSSR count). The molecule has 12 heteroatoms. The Morgan fingerprint density at radius 1 is 0.821 bits per heavy atom. The van der Waals surface area contributed by atoms with Crippen LogP contribution in [0.1, 0.15) is 59.2 Å². The number of unbranched alkanes of at least 4 members (excludes halogenated alkanes) is 3. The van der Waals surface area contributed by atoms with E-state index in [2.05, 4.69) is 10.6 Å². The average Bonchev–Trinajstić information content (AvgIpc) is 3.18. The lowest BCUT2D eigenvalue weighted by molar-refractivity contribution is -0.136. The molecule has 0 saturated carbocycles. The average molecular weight is 568 g/mol. The van der Waals surface area contributed by atoms with Crippen LogP contribution in [0.25, 0.3) is 0 Å². The molecule has 216 valence electrons. The summed E-state index contributed by atoms with van der Waals surface area (Å²) in [6.07, 6.45) is 4.58.